The predicted octanol–water partition coefficient (Wildman–Crippen LogP) is 6.76. The Kier molecular flexibility index (Phi) is 20.3. The maximum atomic E-state index is 12.7. The van der Waals surface area contributed by atoms with Gasteiger partial charge in [-0.25, -0.2) is 0 Å². The summed E-state index contributed by atoms with van der Waals surface area (Å²) < 4.78 is 24.6. The SMILES string of the molecule is CCCCCCS(=O)C(CCCCC)CCCCCS(=O)CCCCC. The standard InChI is InChI=1S/C22H46O2S2/c1-4-7-10-16-21-26(24)22(17-12-8-5-2)18-13-11-15-20-25(23)19-14-9-6-3/h22H,4-21H2,1-3H3. The van der Waals surface area contributed by atoms with Gasteiger partial charge >= 0.3 is 0 Å². The minimum atomic E-state index is -0.644. The van der Waals surface area contributed by atoms with Gasteiger partial charge in [-0.1, -0.05) is 85.0 Å². The third-order valence-electron chi connectivity index (χ3n) is 5.07. The Morgan fingerprint density at radius 3 is 1.58 bits per heavy atom. The minimum Gasteiger partial charge on any atom is -0.260 e. The first-order valence-electron chi connectivity index (χ1n) is 11.4. The molecule has 3 atom stereocenters. The average Bonchev–Trinajstić information content (AvgIpc) is 2.63. The van der Waals surface area contributed by atoms with Gasteiger partial charge in [-0.2, -0.15) is 0 Å². The summed E-state index contributed by atoms with van der Waals surface area (Å²) in [5.74, 6) is 2.65. The van der Waals surface area contributed by atoms with E-state index in [1.165, 1.54) is 51.4 Å². The second kappa shape index (κ2) is 20.0. The summed E-state index contributed by atoms with van der Waals surface area (Å²) in [4.78, 5) is 0. The first-order valence-corrected chi connectivity index (χ1v) is 14.2. The van der Waals surface area contributed by atoms with Crippen LogP contribution in [0.4, 0.5) is 0 Å². The van der Waals surface area contributed by atoms with E-state index in [0.717, 1.165) is 62.2 Å². The predicted molar refractivity (Wildman–Crippen MR) is 121 cm³/mol. The molecule has 4 heteroatoms. The molecule has 0 aliphatic rings. The molecular formula is C22H46O2S2. The number of unbranched alkanes of at least 4 members (excludes halogenated alkanes) is 9. The van der Waals surface area contributed by atoms with Crippen molar-refractivity contribution in [3.63, 3.8) is 0 Å². The first kappa shape index (κ1) is 26.3. The van der Waals surface area contributed by atoms with Crippen molar-refractivity contribution in [3.05, 3.63) is 0 Å². The lowest BCUT2D eigenvalue weighted by atomic mass is 10.1. The number of rotatable bonds is 20. The molecule has 0 bridgehead atoms. The molecule has 0 radical (unpaired) electrons. The van der Waals surface area contributed by atoms with Crippen LogP contribution in [0.25, 0.3) is 0 Å². The van der Waals surface area contributed by atoms with Crippen LogP contribution >= 0.6 is 0 Å². The van der Waals surface area contributed by atoms with Gasteiger partial charge in [0.15, 0.2) is 0 Å². The van der Waals surface area contributed by atoms with Crippen LogP contribution in [-0.4, -0.2) is 30.9 Å². The van der Waals surface area contributed by atoms with E-state index in [0.29, 0.717) is 5.25 Å². The molecule has 0 saturated heterocycles. The summed E-state index contributed by atoms with van der Waals surface area (Å²) in [6.07, 6.45) is 17.7. The highest BCUT2D eigenvalue weighted by Crippen LogP contribution is 2.18. The summed E-state index contributed by atoms with van der Waals surface area (Å²) in [5, 5.41) is 0.401. The zero-order valence-electron chi connectivity index (χ0n) is 17.9. The summed E-state index contributed by atoms with van der Waals surface area (Å²) in [7, 11) is -1.26. The molecule has 0 aliphatic carbocycles. The van der Waals surface area contributed by atoms with Crippen molar-refractivity contribution in [2.45, 2.75) is 122 Å². The zero-order valence-corrected chi connectivity index (χ0v) is 19.6. The van der Waals surface area contributed by atoms with Crippen molar-refractivity contribution in [2.24, 2.45) is 0 Å². The van der Waals surface area contributed by atoms with E-state index in [2.05, 4.69) is 20.8 Å². The van der Waals surface area contributed by atoms with Gasteiger partial charge in [-0.05, 0) is 32.1 Å². The number of hydrogen-bond acceptors (Lipinski definition) is 2. The number of hydrogen-bond donors (Lipinski definition) is 0. The quantitative estimate of drug-likeness (QED) is 0.209. The van der Waals surface area contributed by atoms with E-state index in [9.17, 15) is 8.42 Å². The van der Waals surface area contributed by atoms with Crippen molar-refractivity contribution >= 4 is 21.6 Å². The highest BCUT2D eigenvalue weighted by atomic mass is 32.2. The van der Waals surface area contributed by atoms with E-state index < -0.39 is 21.6 Å². The second-order valence-corrected chi connectivity index (χ2v) is 11.2. The van der Waals surface area contributed by atoms with Crippen LogP contribution in [-0.2, 0) is 21.6 Å². The Hall–Kier alpha value is 0.300. The Morgan fingerprint density at radius 1 is 0.538 bits per heavy atom. The summed E-state index contributed by atoms with van der Waals surface area (Å²) in [6.45, 7) is 6.65. The molecule has 0 aromatic carbocycles. The monoisotopic (exact) mass is 406 g/mol. The van der Waals surface area contributed by atoms with Crippen molar-refractivity contribution in [3.8, 4) is 0 Å². The van der Waals surface area contributed by atoms with Crippen LogP contribution < -0.4 is 0 Å². The maximum Gasteiger partial charge on any atom is 0.0348 e. The lowest BCUT2D eigenvalue weighted by Crippen LogP contribution is -2.18. The fraction of sp³-hybridized carbons (Fsp3) is 1.00. The molecule has 0 fully saturated rings. The normalized spacial score (nSPS) is 15.0. The zero-order chi connectivity index (χ0) is 19.5. The van der Waals surface area contributed by atoms with E-state index in [1.807, 2.05) is 0 Å². The molecule has 0 N–H and O–H groups in total. The molecule has 0 heterocycles. The molecule has 0 aromatic rings. The molecular weight excluding hydrogens is 360 g/mol. The molecule has 158 valence electrons. The van der Waals surface area contributed by atoms with Gasteiger partial charge in [0.25, 0.3) is 0 Å². The lowest BCUT2D eigenvalue weighted by Gasteiger charge is -2.16. The highest BCUT2D eigenvalue weighted by molar-refractivity contribution is 7.85. The average molecular weight is 407 g/mol. The fourth-order valence-electron chi connectivity index (χ4n) is 3.29. The maximum absolute atomic E-state index is 12.7. The Labute approximate surface area is 169 Å². The molecule has 0 amide bonds. The molecule has 0 saturated carbocycles. The van der Waals surface area contributed by atoms with Crippen molar-refractivity contribution in [2.75, 3.05) is 17.3 Å². The minimum absolute atomic E-state index is 0.401. The van der Waals surface area contributed by atoms with Crippen LogP contribution in [0.15, 0.2) is 0 Å². The first-order chi connectivity index (χ1) is 12.7. The Balaban J connectivity index is 3.98. The fourth-order valence-corrected chi connectivity index (χ4v) is 6.23. The van der Waals surface area contributed by atoms with Gasteiger partial charge in [-0.15, -0.1) is 0 Å². The van der Waals surface area contributed by atoms with Gasteiger partial charge in [0, 0.05) is 44.1 Å². The molecule has 0 spiro atoms. The largest absolute Gasteiger partial charge is 0.260 e. The summed E-state index contributed by atoms with van der Waals surface area (Å²) in [6, 6.07) is 0. The Bertz CT molecular complexity index is 345. The molecule has 3 unspecified atom stereocenters. The van der Waals surface area contributed by atoms with Gasteiger partial charge in [0.1, 0.15) is 0 Å². The van der Waals surface area contributed by atoms with E-state index in [1.54, 1.807) is 0 Å². The van der Waals surface area contributed by atoms with Gasteiger partial charge < -0.3 is 0 Å². The third kappa shape index (κ3) is 16.5. The van der Waals surface area contributed by atoms with Gasteiger partial charge in [-0.3, -0.25) is 8.42 Å². The van der Waals surface area contributed by atoms with Gasteiger partial charge in [0.05, 0.1) is 0 Å². The van der Waals surface area contributed by atoms with E-state index in [4.69, 9.17) is 0 Å². The van der Waals surface area contributed by atoms with E-state index >= 15 is 0 Å². The van der Waals surface area contributed by atoms with Crippen LogP contribution in [0, 0.1) is 0 Å². The van der Waals surface area contributed by atoms with Gasteiger partial charge in [0.2, 0.25) is 0 Å². The van der Waals surface area contributed by atoms with Crippen molar-refractivity contribution < 1.29 is 8.42 Å². The summed E-state index contributed by atoms with van der Waals surface area (Å²) >= 11 is 0. The second-order valence-electron chi connectivity index (χ2n) is 7.67. The van der Waals surface area contributed by atoms with Crippen LogP contribution in [0.5, 0.6) is 0 Å². The topological polar surface area (TPSA) is 34.1 Å². The van der Waals surface area contributed by atoms with Crippen LogP contribution in [0.3, 0.4) is 0 Å². The Morgan fingerprint density at radius 2 is 0.962 bits per heavy atom. The highest BCUT2D eigenvalue weighted by Gasteiger charge is 2.15. The van der Waals surface area contributed by atoms with Crippen molar-refractivity contribution in [1.29, 1.82) is 0 Å². The molecule has 0 aliphatic heterocycles. The van der Waals surface area contributed by atoms with E-state index in [-0.39, 0.29) is 0 Å². The molecule has 0 rings (SSSR count). The lowest BCUT2D eigenvalue weighted by molar-refractivity contribution is 0.564. The van der Waals surface area contributed by atoms with Crippen LogP contribution in [0.2, 0.25) is 0 Å². The molecule has 26 heavy (non-hydrogen) atoms. The third-order valence-corrected chi connectivity index (χ3v) is 8.47. The molecule has 2 nitrogen and oxygen atoms in total. The summed E-state index contributed by atoms with van der Waals surface area (Å²) in [5.41, 5.74) is 0. The molecule has 0 aromatic heterocycles. The van der Waals surface area contributed by atoms with Crippen molar-refractivity contribution in [1.82, 2.24) is 0 Å². The van der Waals surface area contributed by atoms with Crippen LogP contribution in [0.1, 0.15) is 117 Å². The smallest absolute Gasteiger partial charge is 0.0348 e.